The first kappa shape index (κ1) is 34.2. The molecular formula is C28H30O12S2. The quantitative estimate of drug-likeness (QED) is 0.202. The van der Waals surface area contributed by atoms with E-state index in [1.807, 2.05) is 0 Å². The largest absolute Gasteiger partial charge is 0.425 e. The summed E-state index contributed by atoms with van der Waals surface area (Å²) in [5.74, 6) is -4.38. The zero-order valence-electron chi connectivity index (χ0n) is 24.7. The molecule has 2 aromatic carbocycles. The maximum atomic E-state index is 12.1. The highest BCUT2D eigenvalue weighted by Gasteiger charge is 2.30. The number of benzene rings is 2. The molecule has 0 aliphatic carbocycles. The summed E-state index contributed by atoms with van der Waals surface area (Å²) in [5.41, 5.74) is 0.982. The molecule has 12 nitrogen and oxygen atoms in total. The van der Waals surface area contributed by atoms with Gasteiger partial charge in [-0.15, -0.1) is 0 Å². The maximum absolute atomic E-state index is 12.1. The predicted molar refractivity (Wildman–Crippen MR) is 151 cm³/mol. The highest BCUT2D eigenvalue weighted by molar-refractivity contribution is 8.76. The molecule has 0 amide bonds. The van der Waals surface area contributed by atoms with E-state index in [4.69, 9.17) is 28.4 Å². The molecule has 0 aliphatic heterocycles. The van der Waals surface area contributed by atoms with Crippen LogP contribution in [-0.2, 0) is 28.8 Å². The Morgan fingerprint density at radius 3 is 0.762 bits per heavy atom. The molecule has 0 fully saturated rings. The summed E-state index contributed by atoms with van der Waals surface area (Å²) < 4.78 is 32.4. The Morgan fingerprint density at radius 2 is 0.548 bits per heavy atom. The first-order chi connectivity index (χ1) is 19.5. The Balaban J connectivity index is 2.88. The van der Waals surface area contributed by atoms with E-state index in [1.54, 1.807) is 13.8 Å². The van der Waals surface area contributed by atoms with Crippen LogP contribution in [0.15, 0.2) is 9.79 Å². The predicted octanol–water partition coefficient (Wildman–Crippen LogP) is 5.27. The zero-order valence-corrected chi connectivity index (χ0v) is 26.3. The van der Waals surface area contributed by atoms with Gasteiger partial charge in [-0.25, -0.2) is 0 Å². The first-order valence-corrected chi connectivity index (χ1v) is 14.4. The molecule has 0 bridgehead atoms. The van der Waals surface area contributed by atoms with Gasteiger partial charge < -0.3 is 28.4 Å². The van der Waals surface area contributed by atoms with Gasteiger partial charge in [-0.3, -0.25) is 28.8 Å². The summed E-state index contributed by atoms with van der Waals surface area (Å²) in [6.45, 7) is 13.2. The maximum Gasteiger partial charge on any atom is 0.308 e. The van der Waals surface area contributed by atoms with E-state index < -0.39 is 35.8 Å². The fraction of sp³-hybridized carbons (Fsp3) is 0.357. The van der Waals surface area contributed by atoms with Gasteiger partial charge in [0.25, 0.3) is 0 Å². The summed E-state index contributed by atoms with van der Waals surface area (Å²) >= 11 is 0. The van der Waals surface area contributed by atoms with Crippen molar-refractivity contribution < 1.29 is 57.2 Å². The summed E-state index contributed by atoms with van der Waals surface area (Å²) in [6, 6.07) is 0. The molecule has 0 unspecified atom stereocenters. The summed E-state index contributed by atoms with van der Waals surface area (Å²) in [7, 11) is 2.06. The van der Waals surface area contributed by atoms with Crippen molar-refractivity contribution in [2.24, 2.45) is 0 Å². The summed E-state index contributed by atoms with van der Waals surface area (Å²) in [5, 5.41) is 0. The van der Waals surface area contributed by atoms with Crippen LogP contribution in [0.4, 0.5) is 0 Å². The Bertz CT molecular complexity index is 1380. The first-order valence-electron chi connectivity index (χ1n) is 12.2. The van der Waals surface area contributed by atoms with Gasteiger partial charge in [-0.2, -0.15) is 0 Å². The lowest BCUT2D eigenvalue weighted by atomic mass is 10.1. The van der Waals surface area contributed by atoms with Crippen LogP contribution < -0.4 is 28.4 Å². The van der Waals surface area contributed by atoms with Gasteiger partial charge in [0.2, 0.25) is 0 Å². The Morgan fingerprint density at radius 1 is 0.357 bits per heavy atom. The highest BCUT2D eigenvalue weighted by atomic mass is 33.1. The second kappa shape index (κ2) is 14.2. The minimum absolute atomic E-state index is 0.0322. The molecule has 0 saturated heterocycles. The van der Waals surface area contributed by atoms with Crippen molar-refractivity contribution in [2.75, 3.05) is 0 Å². The molecule has 0 spiro atoms. The van der Waals surface area contributed by atoms with Gasteiger partial charge in [-0.05, 0) is 49.3 Å². The highest BCUT2D eigenvalue weighted by Crippen LogP contribution is 2.56. The molecule has 14 heteroatoms. The number of rotatable bonds is 9. The van der Waals surface area contributed by atoms with Crippen molar-refractivity contribution in [3.8, 4) is 34.5 Å². The van der Waals surface area contributed by atoms with Gasteiger partial charge in [0.15, 0.2) is 34.5 Å². The van der Waals surface area contributed by atoms with Crippen LogP contribution in [0.25, 0.3) is 0 Å². The minimum atomic E-state index is -0.697. The molecule has 0 saturated carbocycles. The van der Waals surface area contributed by atoms with Gasteiger partial charge >= 0.3 is 35.8 Å². The minimum Gasteiger partial charge on any atom is -0.425 e. The van der Waals surface area contributed by atoms with E-state index in [2.05, 4.69) is 0 Å². The Hall–Kier alpha value is -4.04. The van der Waals surface area contributed by atoms with Crippen LogP contribution in [0.1, 0.15) is 63.8 Å². The Labute approximate surface area is 250 Å². The van der Waals surface area contributed by atoms with Crippen molar-refractivity contribution >= 4 is 57.4 Å². The van der Waals surface area contributed by atoms with E-state index in [1.165, 1.54) is 41.5 Å². The molecule has 0 heterocycles. The molecule has 0 radical (unpaired) electrons. The molecule has 0 N–H and O–H groups in total. The number of hydrogen-bond acceptors (Lipinski definition) is 14. The van der Waals surface area contributed by atoms with Crippen LogP contribution in [0, 0.1) is 27.7 Å². The molecule has 0 aliphatic rings. The van der Waals surface area contributed by atoms with E-state index in [0.717, 1.165) is 35.4 Å². The number of hydrogen-bond donors (Lipinski definition) is 0. The topological polar surface area (TPSA) is 158 Å². The zero-order chi connectivity index (χ0) is 32.0. The van der Waals surface area contributed by atoms with Gasteiger partial charge in [0.05, 0.1) is 9.79 Å². The van der Waals surface area contributed by atoms with Crippen LogP contribution in [-0.4, -0.2) is 35.8 Å². The average Bonchev–Trinajstić information content (AvgIpc) is 2.84. The molecule has 0 aromatic heterocycles. The lowest BCUT2D eigenvalue weighted by molar-refractivity contribution is -0.135. The van der Waals surface area contributed by atoms with E-state index >= 15 is 0 Å². The second-order valence-corrected chi connectivity index (χ2v) is 11.0. The number of carbonyl (C=O) groups is 6. The van der Waals surface area contributed by atoms with E-state index in [-0.39, 0.29) is 45.6 Å². The van der Waals surface area contributed by atoms with Crippen molar-refractivity contribution in [1.29, 1.82) is 0 Å². The third kappa shape index (κ3) is 8.26. The van der Waals surface area contributed by atoms with Crippen molar-refractivity contribution in [3.63, 3.8) is 0 Å². The monoisotopic (exact) mass is 622 g/mol. The normalized spacial score (nSPS) is 10.4. The number of carbonyl (C=O) groups excluding carboxylic acids is 6. The molecule has 2 rings (SSSR count). The lowest BCUT2D eigenvalue weighted by Gasteiger charge is -2.22. The standard InChI is InChI=1S/C28H30O12S2/c1-11-21(35-15(5)29)23(37-17(7)31)13(3)27(25(11)39-19(9)33)41-42-28-14(4)24(38-18(8)32)22(36-16(6)30)12(2)26(28)40-20(10)34/h1-10H3. The third-order valence-electron chi connectivity index (χ3n) is 5.23. The van der Waals surface area contributed by atoms with Crippen molar-refractivity contribution in [2.45, 2.75) is 79.0 Å². The fourth-order valence-electron chi connectivity index (χ4n) is 3.66. The molecule has 42 heavy (non-hydrogen) atoms. The summed E-state index contributed by atoms with van der Waals surface area (Å²) in [4.78, 5) is 72.4. The van der Waals surface area contributed by atoms with Crippen molar-refractivity contribution in [3.05, 3.63) is 22.3 Å². The summed E-state index contributed by atoms with van der Waals surface area (Å²) in [6.07, 6.45) is 0. The molecule has 0 atom stereocenters. The Kier molecular flexibility index (Phi) is 11.6. The number of esters is 6. The van der Waals surface area contributed by atoms with E-state index in [0.29, 0.717) is 20.9 Å². The van der Waals surface area contributed by atoms with Crippen molar-refractivity contribution in [1.82, 2.24) is 0 Å². The van der Waals surface area contributed by atoms with Gasteiger partial charge in [-0.1, -0.05) is 0 Å². The molecule has 226 valence electrons. The lowest BCUT2D eigenvalue weighted by Crippen LogP contribution is -2.13. The average molecular weight is 623 g/mol. The van der Waals surface area contributed by atoms with E-state index in [9.17, 15) is 28.8 Å². The van der Waals surface area contributed by atoms with Crippen LogP contribution in [0.5, 0.6) is 34.5 Å². The smallest absolute Gasteiger partial charge is 0.308 e. The fourth-order valence-corrected chi connectivity index (χ4v) is 6.51. The van der Waals surface area contributed by atoms with Crippen LogP contribution >= 0.6 is 21.6 Å². The van der Waals surface area contributed by atoms with Gasteiger partial charge in [0.1, 0.15) is 0 Å². The van der Waals surface area contributed by atoms with Crippen LogP contribution in [0.2, 0.25) is 0 Å². The molecular weight excluding hydrogens is 592 g/mol. The second-order valence-electron chi connectivity index (χ2n) is 8.86. The third-order valence-corrected chi connectivity index (χ3v) is 7.88. The molecule has 2 aromatic rings. The number of ether oxygens (including phenoxy) is 6. The van der Waals surface area contributed by atoms with Crippen LogP contribution in [0.3, 0.4) is 0 Å². The van der Waals surface area contributed by atoms with Gasteiger partial charge in [0, 0.05) is 63.8 Å². The SMILES string of the molecule is CC(=O)Oc1c(C)c(OC(C)=O)c(SSc2c(C)c(OC(C)=O)c(OC(C)=O)c(C)c2OC(C)=O)c(C)c1OC(C)=O.